The van der Waals surface area contributed by atoms with Gasteiger partial charge in [-0.2, -0.15) is 5.10 Å². The Morgan fingerprint density at radius 2 is 1.59 bits per heavy atom. The molecule has 4 rings (SSSR count). The summed E-state index contributed by atoms with van der Waals surface area (Å²) >= 11 is 0. The molecule has 1 aliphatic heterocycles. The van der Waals surface area contributed by atoms with Gasteiger partial charge in [-0.15, -0.1) is 0 Å². The molecule has 0 atom stereocenters. The van der Waals surface area contributed by atoms with Crippen LogP contribution in [0, 0.1) is 12.7 Å². The van der Waals surface area contributed by atoms with Gasteiger partial charge < -0.3 is 0 Å². The summed E-state index contributed by atoms with van der Waals surface area (Å²) < 4.78 is 13.3. The first-order valence-corrected chi connectivity index (χ1v) is 9.02. The molecule has 134 valence electrons. The number of aryl methyl sites for hydroxylation is 2. The molecule has 3 nitrogen and oxygen atoms in total. The van der Waals surface area contributed by atoms with Crippen molar-refractivity contribution in [2.24, 2.45) is 10.1 Å². The normalized spacial score (nSPS) is 13.1. The molecule has 1 heterocycles. The molecule has 3 aromatic rings. The van der Waals surface area contributed by atoms with Crippen LogP contribution in [0.25, 0.3) is 0 Å². The van der Waals surface area contributed by atoms with Crippen molar-refractivity contribution in [1.29, 1.82) is 0 Å². The molecule has 0 bridgehead atoms. The van der Waals surface area contributed by atoms with Crippen LogP contribution in [0.15, 0.2) is 76.8 Å². The predicted molar refractivity (Wildman–Crippen MR) is 108 cm³/mol. The van der Waals surface area contributed by atoms with Crippen LogP contribution in [-0.2, 0) is 6.42 Å². The fourth-order valence-corrected chi connectivity index (χ4v) is 3.07. The zero-order valence-electron chi connectivity index (χ0n) is 15.3. The van der Waals surface area contributed by atoms with Crippen molar-refractivity contribution >= 4 is 17.2 Å². The third-order valence-electron chi connectivity index (χ3n) is 4.67. The first-order valence-electron chi connectivity index (χ1n) is 9.02. The zero-order chi connectivity index (χ0) is 18.8. The molecule has 0 unspecified atom stereocenters. The molecule has 4 heteroatoms. The van der Waals surface area contributed by atoms with Gasteiger partial charge in [0.2, 0.25) is 0 Å². The Morgan fingerprint density at radius 3 is 2.30 bits per heavy atom. The quantitative estimate of drug-likeness (QED) is 0.693. The van der Waals surface area contributed by atoms with Crippen LogP contribution in [0.5, 0.6) is 0 Å². The van der Waals surface area contributed by atoms with Crippen LogP contribution in [0.4, 0.5) is 10.1 Å². The van der Waals surface area contributed by atoms with E-state index in [1.165, 1.54) is 23.3 Å². The number of nitrogens with zero attached hydrogens (tertiary/aromatic N) is 2. The molecule has 0 spiro atoms. The van der Waals surface area contributed by atoms with E-state index in [1.807, 2.05) is 6.07 Å². The van der Waals surface area contributed by atoms with Gasteiger partial charge in [-0.1, -0.05) is 42.8 Å². The van der Waals surface area contributed by atoms with Gasteiger partial charge in [-0.05, 0) is 55.3 Å². The summed E-state index contributed by atoms with van der Waals surface area (Å²) in [6.45, 7) is 4.20. The largest absolute Gasteiger partial charge is 0.260 e. The number of fused-ring (bicyclic) bond motifs is 1. The second kappa shape index (κ2) is 7.16. The van der Waals surface area contributed by atoms with E-state index < -0.39 is 0 Å². The van der Waals surface area contributed by atoms with Crippen molar-refractivity contribution in [3.05, 3.63) is 100 Å². The highest BCUT2D eigenvalue weighted by molar-refractivity contribution is 6.18. The molecule has 1 aliphatic rings. The predicted octanol–water partition coefficient (Wildman–Crippen LogP) is 5.13. The Bertz CT molecular complexity index is 1030. The molecule has 0 saturated heterocycles. The van der Waals surface area contributed by atoms with Crippen molar-refractivity contribution in [2.45, 2.75) is 20.3 Å². The minimum atomic E-state index is -0.273. The minimum absolute atomic E-state index is 0.273. The fourth-order valence-electron chi connectivity index (χ4n) is 3.07. The monoisotopic (exact) mass is 357 g/mol. The lowest BCUT2D eigenvalue weighted by Crippen LogP contribution is -2.19. The molecule has 0 fully saturated rings. The van der Waals surface area contributed by atoms with E-state index in [2.05, 4.69) is 60.8 Å². The number of halogens is 1. The van der Waals surface area contributed by atoms with Gasteiger partial charge in [0.15, 0.2) is 5.84 Å². The smallest absolute Gasteiger partial charge is 0.154 e. The summed E-state index contributed by atoms with van der Waals surface area (Å²) in [4.78, 5) is 4.78. The third-order valence-corrected chi connectivity index (χ3v) is 4.67. The molecular formula is C23H20FN3. The van der Waals surface area contributed by atoms with Crippen LogP contribution >= 0.6 is 0 Å². The number of hydrogen-bond acceptors (Lipinski definition) is 3. The van der Waals surface area contributed by atoms with Crippen molar-refractivity contribution in [1.82, 2.24) is 5.43 Å². The summed E-state index contributed by atoms with van der Waals surface area (Å²) in [5.74, 6) is 0.326. The fraction of sp³-hybridized carbons (Fsp3) is 0.130. The van der Waals surface area contributed by atoms with Gasteiger partial charge in [0.1, 0.15) is 5.82 Å². The maximum Gasteiger partial charge on any atom is 0.154 e. The second-order valence-corrected chi connectivity index (χ2v) is 6.61. The van der Waals surface area contributed by atoms with Gasteiger partial charge in [-0.3, -0.25) is 5.43 Å². The van der Waals surface area contributed by atoms with E-state index in [0.717, 1.165) is 34.5 Å². The van der Waals surface area contributed by atoms with E-state index in [-0.39, 0.29) is 5.82 Å². The number of rotatable bonds is 3. The standard InChI is InChI=1S/C23H20FN3/c1-3-16-6-13-21-20(14-16)22(17-7-4-15(2)5-8-17)26-27-23(25-21)18-9-11-19(24)12-10-18/h4-14H,3H2,1-2H3,(H,25,27). The van der Waals surface area contributed by atoms with E-state index in [1.54, 1.807) is 12.1 Å². The van der Waals surface area contributed by atoms with Gasteiger partial charge in [0.05, 0.1) is 11.4 Å². The van der Waals surface area contributed by atoms with Crippen molar-refractivity contribution in [3.8, 4) is 0 Å². The highest BCUT2D eigenvalue weighted by atomic mass is 19.1. The van der Waals surface area contributed by atoms with Gasteiger partial charge >= 0.3 is 0 Å². The first-order chi connectivity index (χ1) is 13.1. The highest BCUT2D eigenvalue weighted by Crippen LogP contribution is 2.27. The van der Waals surface area contributed by atoms with Crippen molar-refractivity contribution in [3.63, 3.8) is 0 Å². The Labute approximate surface area is 158 Å². The molecule has 0 aliphatic carbocycles. The zero-order valence-corrected chi connectivity index (χ0v) is 15.3. The van der Waals surface area contributed by atoms with E-state index in [4.69, 9.17) is 4.99 Å². The van der Waals surface area contributed by atoms with Crippen LogP contribution in [0.3, 0.4) is 0 Å². The number of nitrogens with one attached hydrogen (secondary N) is 1. The topological polar surface area (TPSA) is 36.8 Å². The SMILES string of the molecule is CCc1ccc2c(c1)C(c1ccc(C)cc1)=NNC(c1ccc(F)cc1)=N2. The molecular weight excluding hydrogens is 337 g/mol. The molecule has 0 saturated carbocycles. The Kier molecular flexibility index (Phi) is 4.55. The lowest BCUT2D eigenvalue weighted by Gasteiger charge is -2.10. The maximum atomic E-state index is 13.3. The van der Waals surface area contributed by atoms with Crippen molar-refractivity contribution in [2.75, 3.05) is 0 Å². The number of hydrazone groups is 1. The van der Waals surface area contributed by atoms with Crippen LogP contribution in [0.1, 0.15) is 34.7 Å². The molecule has 0 aromatic heterocycles. The van der Waals surface area contributed by atoms with Crippen LogP contribution in [0.2, 0.25) is 0 Å². The Hall–Kier alpha value is -3.27. The second-order valence-electron chi connectivity index (χ2n) is 6.61. The van der Waals surface area contributed by atoms with Crippen LogP contribution < -0.4 is 5.43 Å². The maximum absolute atomic E-state index is 13.3. The van der Waals surface area contributed by atoms with Crippen molar-refractivity contribution < 1.29 is 4.39 Å². The van der Waals surface area contributed by atoms with Crippen LogP contribution in [-0.4, -0.2) is 11.5 Å². The lowest BCUT2D eigenvalue weighted by atomic mass is 9.97. The average molecular weight is 357 g/mol. The number of aliphatic imine (C=N–C) groups is 1. The Morgan fingerprint density at radius 1 is 0.889 bits per heavy atom. The minimum Gasteiger partial charge on any atom is -0.260 e. The number of amidine groups is 1. The molecule has 0 amide bonds. The third kappa shape index (κ3) is 3.51. The number of hydrogen-bond donors (Lipinski definition) is 1. The number of benzene rings is 3. The summed E-state index contributed by atoms with van der Waals surface area (Å²) in [6.07, 6.45) is 0.941. The summed E-state index contributed by atoms with van der Waals surface area (Å²) in [7, 11) is 0. The van der Waals surface area contributed by atoms with Gasteiger partial charge in [-0.25, -0.2) is 9.38 Å². The average Bonchev–Trinajstić information content (AvgIpc) is 2.88. The van der Waals surface area contributed by atoms with E-state index in [0.29, 0.717) is 5.84 Å². The summed E-state index contributed by atoms with van der Waals surface area (Å²) in [6, 6.07) is 20.8. The molecule has 3 aromatic carbocycles. The highest BCUT2D eigenvalue weighted by Gasteiger charge is 2.17. The van der Waals surface area contributed by atoms with E-state index >= 15 is 0 Å². The van der Waals surface area contributed by atoms with Gasteiger partial charge in [0.25, 0.3) is 0 Å². The molecule has 0 radical (unpaired) electrons. The molecule has 1 N–H and O–H groups in total. The summed E-state index contributed by atoms with van der Waals surface area (Å²) in [5, 5.41) is 4.66. The lowest BCUT2D eigenvalue weighted by molar-refractivity contribution is 0.627. The van der Waals surface area contributed by atoms with Gasteiger partial charge in [0, 0.05) is 16.7 Å². The summed E-state index contributed by atoms with van der Waals surface area (Å²) in [5.41, 5.74) is 10.0. The molecule has 27 heavy (non-hydrogen) atoms. The Balaban J connectivity index is 1.86. The van der Waals surface area contributed by atoms with E-state index in [9.17, 15) is 4.39 Å². The first kappa shape index (κ1) is 17.2.